The van der Waals surface area contributed by atoms with Gasteiger partial charge in [0.25, 0.3) is 5.91 Å². The predicted molar refractivity (Wildman–Crippen MR) is 99.6 cm³/mol. The Hall–Kier alpha value is -2.73. The number of fused-ring (bicyclic) bond motifs is 1. The number of nitrogens with one attached hydrogen (secondary N) is 1. The highest BCUT2D eigenvalue weighted by Gasteiger charge is 2.21. The van der Waals surface area contributed by atoms with Gasteiger partial charge in [0.05, 0.1) is 28.4 Å². The summed E-state index contributed by atoms with van der Waals surface area (Å²) in [6, 6.07) is 11.7. The third-order valence-electron chi connectivity index (χ3n) is 4.70. The normalized spacial score (nSPS) is 16.9. The van der Waals surface area contributed by atoms with Gasteiger partial charge in [0.15, 0.2) is 5.65 Å². The van der Waals surface area contributed by atoms with Gasteiger partial charge in [0.2, 0.25) is 0 Å². The number of pyridine rings is 1. The first-order chi connectivity index (χ1) is 12.6. The number of amides is 1. The van der Waals surface area contributed by atoms with Crippen LogP contribution in [0.15, 0.2) is 36.4 Å². The van der Waals surface area contributed by atoms with Crippen molar-refractivity contribution in [1.29, 1.82) is 0 Å². The minimum absolute atomic E-state index is 0.105. The van der Waals surface area contributed by atoms with Gasteiger partial charge in [0, 0.05) is 18.8 Å². The van der Waals surface area contributed by atoms with E-state index in [1.165, 1.54) is 0 Å². The molecule has 1 amide bonds. The minimum atomic E-state index is -0.105. The molecule has 1 N–H and O–H groups in total. The maximum absolute atomic E-state index is 12.8. The number of hydrogen-bond donors (Lipinski definition) is 1. The largest absolute Gasteiger partial charge is 0.376 e. The fourth-order valence-corrected chi connectivity index (χ4v) is 3.45. The Kier molecular flexibility index (Phi) is 4.42. The number of benzene rings is 1. The molecule has 0 bridgehead atoms. The molecule has 1 unspecified atom stereocenters. The first kappa shape index (κ1) is 16.7. The van der Waals surface area contributed by atoms with E-state index in [1.54, 1.807) is 4.68 Å². The summed E-state index contributed by atoms with van der Waals surface area (Å²) in [5.74, 6) is -0.105. The number of para-hydroxylation sites is 1. The van der Waals surface area contributed by atoms with Crippen molar-refractivity contribution in [3.8, 4) is 5.69 Å². The van der Waals surface area contributed by atoms with Crippen molar-refractivity contribution in [3.63, 3.8) is 0 Å². The van der Waals surface area contributed by atoms with Crippen LogP contribution in [0.25, 0.3) is 16.7 Å². The van der Waals surface area contributed by atoms with E-state index in [0.717, 1.165) is 41.9 Å². The van der Waals surface area contributed by atoms with E-state index < -0.39 is 0 Å². The van der Waals surface area contributed by atoms with Crippen molar-refractivity contribution >= 4 is 16.9 Å². The molecule has 134 valence electrons. The smallest absolute Gasteiger partial charge is 0.252 e. The van der Waals surface area contributed by atoms with Crippen LogP contribution < -0.4 is 5.32 Å². The summed E-state index contributed by atoms with van der Waals surface area (Å²) < 4.78 is 7.39. The molecule has 3 aromatic rings. The van der Waals surface area contributed by atoms with E-state index in [4.69, 9.17) is 4.74 Å². The lowest BCUT2D eigenvalue weighted by Crippen LogP contribution is -2.32. The van der Waals surface area contributed by atoms with E-state index in [2.05, 4.69) is 15.4 Å². The summed E-state index contributed by atoms with van der Waals surface area (Å²) in [4.78, 5) is 17.5. The van der Waals surface area contributed by atoms with Gasteiger partial charge < -0.3 is 10.1 Å². The molecule has 1 aromatic carbocycles. The van der Waals surface area contributed by atoms with Gasteiger partial charge in [-0.3, -0.25) is 4.79 Å². The number of carbonyl (C=O) groups excluding carboxylic acids is 1. The maximum atomic E-state index is 12.8. The second-order valence-electron chi connectivity index (χ2n) is 6.69. The molecule has 1 saturated heterocycles. The molecule has 0 radical (unpaired) electrons. The summed E-state index contributed by atoms with van der Waals surface area (Å²) in [7, 11) is 0. The predicted octanol–water partition coefficient (Wildman–Crippen LogP) is 2.95. The molecule has 0 saturated carbocycles. The van der Waals surface area contributed by atoms with Gasteiger partial charge in [-0.15, -0.1) is 0 Å². The van der Waals surface area contributed by atoms with Crippen molar-refractivity contribution in [2.45, 2.75) is 32.8 Å². The minimum Gasteiger partial charge on any atom is -0.376 e. The molecule has 1 fully saturated rings. The fraction of sp³-hybridized carbons (Fsp3) is 0.350. The number of rotatable bonds is 4. The highest BCUT2D eigenvalue weighted by atomic mass is 16.5. The Bertz CT molecular complexity index is 943. The van der Waals surface area contributed by atoms with E-state index in [1.807, 2.05) is 50.2 Å². The van der Waals surface area contributed by atoms with Crippen LogP contribution in [0.2, 0.25) is 0 Å². The Morgan fingerprint density at radius 2 is 2.12 bits per heavy atom. The number of ether oxygens (including phenoxy) is 1. The van der Waals surface area contributed by atoms with Gasteiger partial charge >= 0.3 is 0 Å². The Morgan fingerprint density at radius 3 is 2.85 bits per heavy atom. The Labute approximate surface area is 152 Å². The first-order valence-corrected chi connectivity index (χ1v) is 8.95. The molecule has 26 heavy (non-hydrogen) atoms. The topological polar surface area (TPSA) is 69.0 Å². The lowest BCUT2D eigenvalue weighted by atomic mass is 10.1. The zero-order chi connectivity index (χ0) is 18.1. The number of nitrogens with zero attached hydrogens (tertiary/aromatic N) is 3. The SMILES string of the molecule is Cc1cc(C(=O)NCC2CCCO2)c2c(C)nn(-c3ccccc3)c2n1. The lowest BCUT2D eigenvalue weighted by Gasteiger charge is -2.12. The van der Waals surface area contributed by atoms with Crippen LogP contribution in [0.5, 0.6) is 0 Å². The molecule has 1 atom stereocenters. The van der Waals surface area contributed by atoms with E-state index >= 15 is 0 Å². The van der Waals surface area contributed by atoms with Crippen LogP contribution in [0.3, 0.4) is 0 Å². The quantitative estimate of drug-likeness (QED) is 0.785. The van der Waals surface area contributed by atoms with Gasteiger partial charge in [-0.1, -0.05) is 18.2 Å². The average Bonchev–Trinajstić information content (AvgIpc) is 3.28. The highest BCUT2D eigenvalue weighted by Crippen LogP contribution is 2.25. The van der Waals surface area contributed by atoms with E-state index in [9.17, 15) is 4.79 Å². The third-order valence-corrected chi connectivity index (χ3v) is 4.70. The van der Waals surface area contributed by atoms with Crippen molar-refractivity contribution in [1.82, 2.24) is 20.1 Å². The molecule has 4 rings (SSSR count). The van der Waals surface area contributed by atoms with Crippen molar-refractivity contribution in [3.05, 3.63) is 53.3 Å². The summed E-state index contributed by atoms with van der Waals surface area (Å²) in [5, 5.41) is 8.43. The molecular weight excluding hydrogens is 328 g/mol. The lowest BCUT2D eigenvalue weighted by molar-refractivity contribution is 0.0859. The van der Waals surface area contributed by atoms with E-state index in [0.29, 0.717) is 17.8 Å². The maximum Gasteiger partial charge on any atom is 0.252 e. The van der Waals surface area contributed by atoms with Gasteiger partial charge in [-0.2, -0.15) is 5.10 Å². The van der Waals surface area contributed by atoms with Crippen molar-refractivity contribution in [2.75, 3.05) is 13.2 Å². The van der Waals surface area contributed by atoms with Crippen molar-refractivity contribution in [2.24, 2.45) is 0 Å². The van der Waals surface area contributed by atoms with Gasteiger partial charge in [-0.05, 0) is 44.9 Å². The van der Waals surface area contributed by atoms with Crippen molar-refractivity contribution < 1.29 is 9.53 Å². The molecule has 1 aliphatic heterocycles. The van der Waals surface area contributed by atoms with Gasteiger partial charge in [0.1, 0.15) is 0 Å². The third kappa shape index (κ3) is 3.08. The molecule has 0 spiro atoms. The molecule has 2 aromatic heterocycles. The second-order valence-corrected chi connectivity index (χ2v) is 6.69. The highest BCUT2D eigenvalue weighted by molar-refractivity contribution is 6.06. The fourth-order valence-electron chi connectivity index (χ4n) is 3.45. The monoisotopic (exact) mass is 350 g/mol. The summed E-state index contributed by atoms with van der Waals surface area (Å²) in [6.07, 6.45) is 2.17. The van der Waals surface area contributed by atoms with Crippen LogP contribution in [0, 0.1) is 13.8 Å². The van der Waals surface area contributed by atoms with Crippen LogP contribution in [-0.4, -0.2) is 39.9 Å². The number of hydrogen-bond acceptors (Lipinski definition) is 4. The zero-order valence-corrected chi connectivity index (χ0v) is 15.0. The van der Waals surface area contributed by atoms with Crippen LogP contribution in [-0.2, 0) is 4.74 Å². The number of aromatic nitrogens is 3. The zero-order valence-electron chi connectivity index (χ0n) is 15.0. The summed E-state index contributed by atoms with van der Waals surface area (Å²) in [5.41, 5.74) is 3.83. The Morgan fingerprint density at radius 1 is 1.31 bits per heavy atom. The van der Waals surface area contributed by atoms with Crippen LogP contribution in [0.1, 0.15) is 34.6 Å². The van der Waals surface area contributed by atoms with Crippen LogP contribution >= 0.6 is 0 Å². The van der Waals surface area contributed by atoms with E-state index in [-0.39, 0.29) is 12.0 Å². The number of carbonyl (C=O) groups is 1. The standard InChI is InChI=1S/C20H22N4O2/c1-13-11-17(20(25)21-12-16-9-6-10-26-16)18-14(2)23-24(19(18)22-13)15-7-4-3-5-8-15/h3-5,7-8,11,16H,6,9-10,12H2,1-2H3,(H,21,25). The molecule has 1 aliphatic rings. The number of aryl methyl sites for hydroxylation is 2. The summed E-state index contributed by atoms with van der Waals surface area (Å²) in [6.45, 7) is 5.12. The second kappa shape index (κ2) is 6.88. The molecule has 6 nitrogen and oxygen atoms in total. The van der Waals surface area contributed by atoms with Crippen LogP contribution in [0.4, 0.5) is 0 Å². The molecule has 3 heterocycles. The summed E-state index contributed by atoms with van der Waals surface area (Å²) >= 11 is 0. The molecule has 6 heteroatoms. The molecule has 0 aliphatic carbocycles. The Balaban J connectivity index is 1.73. The first-order valence-electron chi connectivity index (χ1n) is 8.95. The average molecular weight is 350 g/mol. The molecular formula is C20H22N4O2. The van der Waals surface area contributed by atoms with Gasteiger partial charge in [-0.25, -0.2) is 9.67 Å².